The van der Waals surface area contributed by atoms with E-state index in [0.29, 0.717) is 17.0 Å². The molecule has 0 radical (unpaired) electrons. The summed E-state index contributed by atoms with van der Waals surface area (Å²) in [5.41, 5.74) is -0.832. The van der Waals surface area contributed by atoms with Crippen LogP contribution in [0.25, 0.3) is 0 Å². The summed E-state index contributed by atoms with van der Waals surface area (Å²) in [6.07, 6.45) is 0.954. The average Bonchev–Trinajstić information content (AvgIpc) is 2.54. The zero-order valence-corrected chi connectivity index (χ0v) is 14.9. The van der Waals surface area contributed by atoms with Gasteiger partial charge in [0.05, 0.1) is 13.4 Å². The Morgan fingerprint density at radius 2 is 1.64 bits per heavy atom. The highest BCUT2D eigenvalue weighted by Gasteiger charge is 2.38. The van der Waals surface area contributed by atoms with Crippen LogP contribution in [0.2, 0.25) is 0 Å². The van der Waals surface area contributed by atoms with E-state index in [2.05, 4.69) is 10.0 Å². The Labute approximate surface area is 146 Å². The first kappa shape index (κ1) is 18.9. The van der Waals surface area contributed by atoms with Crippen molar-refractivity contribution in [3.8, 4) is 5.75 Å². The van der Waals surface area contributed by atoms with Crippen LogP contribution in [0.3, 0.4) is 0 Å². The average molecular weight is 366 g/mol. The van der Waals surface area contributed by atoms with Gasteiger partial charge < -0.3 is 10.1 Å². The molecule has 0 saturated heterocycles. The lowest BCUT2D eigenvalue weighted by Gasteiger charge is -2.29. The van der Waals surface area contributed by atoms with Crippen molar-refractivity contribution in [1.29, 1.82) is 0 Å². The molecule has 1 amide bonds. The number of hydrogen-bond acceptors (Lipinski definition) is 4. The first-order valence-corrected chi connectivity index (χ1v) is 9.24. The topological polar surface area (TPSA) is 84.5 Å². The number of halogens is 1. The van der Waals surface area contributed by atoms with E-state index in [4.69, 9.17) is 4.74 Å². The van der Waals surface area contributed by atoms with Gasteiger partial charge in [-0.05, 0) is 48.9 Å². The van der Waals surface area contributed by atoms with E-state index in [9.17, 15) is 17.6 Å². The third-order valence-electron chi connectivity index (χ3n) is 3.61. The summed E-state index contributed by atoms with van der Waals surface area (Å²) in [7, 11) is -2.19. The van der Waals surface area contributed by atoms with Crippen molar-refractivity contribution < 1.29 is 22.3 Å². The highest BCUT2D eigenvalue weighted by molar-refractivity contribution is 7.88. The number of methoxy groups -OCH3 is 1. The Hall–Kier alpha value is -2.45. The summed E-state index contributed by atoms with van der Waals surface area (Å²) >= 11 is 0. The monoisotopic (exact) mass is 366 g/mol. The van der Waals surface area contributed by atoms with Crippen molar-refractivity contribution in [2.45, 2.75) is 12.5 Å². The molecule has 2 aromatic rings. The maximum atomic E-state index is 13.2. The summed E-state index contributed by atoms with van der Waals surface area (Å²) < 4.78 is 44.0. The highest BCUT2D eigenvalue weighted by atomic mass is 32.2. The van der Waals surface area contributed by atoms with Crippen LogP contribution >= 0.6 is 0 Å². The first-order valence-electron chi connectivity index (χ1n) is 7.34. The number of hydrogen-bond donors (Lipinski definition) is 2. The summed E-state index contributed by atoms with van der Waals surface area (Å²) in [5.74, 6) is -0.468. The summed E-state index contributed by atoms with van der Waals surface area (Å²) in [6.45, 7) is 1.42. The first-order chi connectivity index (χ1) is 11.6. The minimum absolute atomic E-state index is 0.310. The normalized spacial score (nSPS) is 13.8. The van der Waals surface area contributed by atoms with Crippen LogP contribution in [0.5, 0.6) is 5.75 Å². The van der Waals surface area contributed by atoms with Gasteiger partial charge in [-0.3, -0.25) is 4.79 Å². The lowest BCUT2D eigenvalue weighted by atomic mass is 9.92. The fourth-order valence-corrected chi connectivity index (χ4v) is 3.27. The zero-order valence-electron chi connectivity index (χ0n) is 14.0. The van der Waals surface area contributed by atoms with Crippen molar-refractivity contribution in [1.82, 2.24) is 4.72 Å². The third-order valence-corrected chi connectivity index (χ3v) is 4.39. The second-order valence-corrected chi connectivity index (χ2v) is 7.44. The van der Waals surface area contributed by atoms with E-state index in [-0.39, 0.29) is 0 Å². The molecule has 0 heterocycles. The SMILES string of the molecule is COc1ccc(NC(=O)[C@](C)(NS(C)(=O)=O)c2ccc(F)cc2)cc1. The molecule has 6 nitrogen and oxygen atoms in total. The predicted molar refractivity (Wildman–Crippen MR) is 93.4 cm³/mol. The minimum Gasteiger partial charge on any atom is -0.497 e. The molecule has 2 rings (SSSR count). The van der Waals surface area contributed by atoms with E-state index < -0.39 is 27.3 Å². The fraction of sp³-hybridized carbons (Fsp3) is 0.235. The zero-order chi connectivity index (χ0) is 18.7. The lowest BCUT2D eigenvalue weighted by molar-refractivity contribution is -0.121. The largest absolute Gasteiger partial charge is 0.497 e. The van der Waals surface area contributed by atoms with E-state index in [1.165, 1.54) is 26.2 Å². The number of benzene rings is 2. The molecule has 0 aliphatic rings. The van der Waals surface area contributed by atoms with E-state index >= 15 is 0 Å². The molecule has 0 aliphatic heterocycles. The van der Waals surface area contributed by atoms with Gasteiger partial charge in [0.2, 0.25) is 15.9 Å². The maximum absolute atomic E-state index is 13.2. The predicted octanol–water partition coefficient (Wildman–Crippen LogP) is 2.24. The maximum Gasteiger partial charge on any atom is 0.249 e. The van der Waals surface area contributed by atoms with Crippen LogP contribution in [0.4, 0.5) is 10.1 Å². The summed E-state index contributed by atoms with van der Waals surface area (Å²) in [4.78, 5) is 12.8. The fourth-order valence-electron chi connectivity index (χ4n) is 2.32. The second kappa shape index (κ2) is 7.20. The quantitative estimate of drug-likeness (QED) is 0.821. The number of ether oxygens (including phenoxy) is 1. The Morgan fingerprint density at radius 1 is 1.08 bits per heavy atom. The van der Waals surface area contributed by atoms with Crippen LogP contribution in [-0.2, 0) is 20.4 Å². The Morgan fingerprint density at radius 3 is 2.12 bits per heavy atom. The molecule has 0 aliphatic carbocycles. The molecular weight excluding hydrogens is 347 g/mol. The minimum atomic E-state index is -3.71. The van der Waals surface area contributed by atoms with Crippen molar-refractivity contribution in [3.05, 3.63) is 59.9 Å². The van der Waals surface area contributed by atoms with Gasteiger partial charge >= 0.3 is 0 Å². The molecule has 0 spiro atoms. The van der Waals surface area contributed by atoms with Gasteiger partial charge in [0.15, 0.2) is 0 Å². The standard InChI is InChI=1S/C17H19FN2O4S/c1-17(20-25(3,22)23,12-4-6-13(18)7-5-12)16(21)19-14-8-10-15(24-2)11-9-14/h4-11,20H,1-3H3,(H,19,21)/t17-/m1/s1. The van der Waals surface area contributed by atoms with E-state index in [0.717, 1.165) is 18.4 Å². The number of sulfonamides is 1. The smallest absolute Gasteiger partial charge is 0.249 e. The van der Waals surface area contributed by atoms with Crippen molar-refractivity contribution in [3.63, 3.8) is 0 Å². The molecule has 25 heavy (non-hydrogen) atoms. The Kier molecular flexibility index (Phi) is 5.44. The molecular formula is C17H19FN2O4S. The molecule has 8 heteroatoms. The highest BCUT2D eigenvalue weighted by Crippen LogP contribution is 2.25. The molecule has 0 fully saturated rings. The molecule has 0 unspecified atom stereocenters. The number of nitrogens with one attached hydrogen (secondary N) is 2. The molecule has 0 saturated carbocycles. The van der Waals surface area contributed by atoms with Gasteiger partial charge in [0.25, 0.3) is 0 Å². The number of amides is 1. The van der Waals surface area contributed by atoms with Crippen LogP contribution in [0.1, 0.15) is 12.5 Å². The molecule has 0 bridgehead atoms. The molecule has 2 aromatic carbocycles. The Bertz CT molecular complexity index is 851. The molecule has 1 atom stereocenters. The summed E-state index contributed by atoms with van der Waals surface area (Å²) in [5, 5.41) is 2.65. The van der Waals surface area contributed by atoms with Crippen LogP contribution in [0, 0.1) is 5.82 Å². The van der Waals surface area contributed by atoms with Gasteiger partial charge in [-0.2, -0.15) is 4.72 Å². The second-order valence-electron chi connectivity index (χ2n) is 5.69. The van der Waals surface area contributed by atoms with Gasteiger partial charge in [-0.1, -0.05) is 12.1 Å². The van der Waals surface area contributed by atoms with E-state index in [1.807, 2.05) is 0 Å². The van der Waals surface area contributed by atoms with Gasteiger partial charge in [-0.25, -0.2) is 12.8 Å². The van der Waals surface area contributed by atoms with Crippen molar-refractivity contribution in [2.75, 3.05) is 18.7 Å². The van der Waals surface area contributed by atoms with Crippen LogP contribution < -0.4 is 14.8 Å². The number of rotatable bonds is 6. The number of anilines is 1. The van der Waals surface area contributed by atoms with Crippen LogP contribution in [-0.4, -0.2) is 27.7 Å². The number of carbonyl (C=O) groups is 1. The molecule has 2 N–H and O–H groups in total. The lowest BCUT2D eigenvalue weighted by Crippen LogP contribution is -2.51. The summed E-state index contributed by atoms with van der Waals surface area (Å²) in [6, 6.07) is 11.6. The third kappa shape index (κ3) is 4.77. The Balaban J connectivity index is 2.36. The van der Waals surface area contributed by atoms with Crippen molar-refractivity contribution in [2.24, 2.45) is 0 Å². The van der Waals surface area contributed by atoms with Gasteiger partial charge in [0.1, 0.15) is 17.1 Å². The van der Waals surface area contributed by atoms with E-state index in [1.54, 1.807) is 24.3 Å². The number of carbonyl (C=O) groups excluding carboxylic acids is 1. The van der Waals surface area contributed by atoms with Crippen molar-refractivity contribution >= 4 is 21.6 Å². The van der Waals surface area contributed by atoms with Gasteiger partial charge in [-0.15, -0.1) is 0 Å². The molecule has 0 aromatic heterocycles. The van der Waals surface area contributed by atoms with Gasteiger partial charge in [0, 0.05) is 5.69 Å². The molecule has 134 valence electrons. The van der Waals surface area contributed by atoms with Crippen LogP contribution in [0.15, 0.2) is 48.5 Å².